The van der Waals surface area contributed by atoms with Gasteiger partial charge in [-0.2, -0.15) is 5.26 Å². The van der Waals surface area contributed by atoms with Crippen LogP contribution in [0, 0.1) is 18.3 Å². The number of nitrogen functional groups attached to an aromatic ring is 1. The number of aromatic nitrogens is 3. The van der Waals surface area contributed by atoms with Gasteiger partial charge in [0.1, 0.15) is 11.5 Å². The molecule has 0 spiro atoms. The summed E-state index contributed by atoms with van der Waals surface area (Å²) in [5.74, 6) is 0.403. The molecule has 1 fully saturated rings. The van der Waals surface area contributed by atoms with E-state index in [1.165, 1.54) is 6.20 Å². The van der Waals surface area contributed by atoms with E-state index in [9.17, 15) is 5.26 Å². The molecule has 0 aromatic carbocycles. The number of rotatable bonds is 2. The average Bonchev–Trinajstić information content (AvgIpc) is 2.39. The number of hydrogen-bond donors (Lipinski definition) is 1. The fraction of sp³-hybridized carbons (Fsp3) is 0.333. The van der Waals surface area contributed by atoms with E-state index in [1.807, 2.05) is 19.1 Å². The minimum atomic E-state index is -0.326. The molecular weight excluding hydrogens is 250 g/mol. The summed E-state index contributed by atoms with van der Waals surface area (Å²) in [5.41, 5.74) is 8.51. The zero-order valence-electron chi connectivity index (χ0n) is 11.3. The largest absolute Gasteiger partial charge is 0.382 e. The highest BCUT2D eigenvalue weighted by atomic mass is 14.9. The van der Waals surface area contributed by atoms with Gasteiger partial charge in [0.25, 0.3) is 0 Å². The van der Waals surface area contributed by atoms with Crippen molar-refractivity contribution in [2.45, 2.75) is 31.6 Å². The monoisotopic (exact) mass is 265 g/mol. The molecule has 20 heavy (non-hydrogen) atoms. The number of pyridine rings is 1. The van der Waals surface area contributed by atoms with Crippen LogP contribution in [0.1, 0.15) is 30.5 Å². The van der Waals surface area contributed by atoms with Gasteiger partial charge >= 0.3 is 0 Å². The smallest absolute Gasteiger partial charge is 0.142 e. The fourth-order valence-corrected chi connectivity index (χ4v) is 2.56. The van der Waals surface area contributed by atoms with E-state index in [4.69, 9.17) is 5.73 Å². The van der Waals surface area contributed by atoms with Crippen molar-refractivity contribution in [1.82, 2.24) is 15.0 Å². The molecule has 100 valence electrons. The summed E-state index contributed by atoms with van der Waals surface area (Å²) in [6.45, 7) is 1.86. The molecule has 0 bridgehead atoms. The molecule has 2 aromatic rings. The van der Waals surface area contributed by atoms with Crippen LogP contribution >= 0.6 is 0 Å². The SMILES string of the molecule is Cc1nc(N)cnc1-c1ccc(C2(C#N)CCC2)cn1. The van der Waals surface area contributed by atoms with Crippen molar-refractivity contribution in [3.63, 3.8) is 0 Å². The third kappa shape index (κ3) is 1.90. The van der Waals surface area contributed by atoms with Crippen molar-refractivity contribution in [2.75, 3.05) is 5.73 Å². The molecule has 1 saturated carbocycles. The highest BCUT2D eigenvalue weighted by Gasteiger charge is 2.39. The summed E-state index contributed by atoms with van der Waals surface area (Å²) in [6, 6.07) is 6.30. The average molecular weight is 265 g/mol. The van der Waals surface area contributed by atoms with Crippen LogP contribution in [0.3, 0.4) is 0 Å². The van der Waals surface area contributed by atoms with E-state index < -0.39 is 0 Å². The van der Waals surface area contributed by atoms with Crippen molar-refractivity contribution >= 4 is 5.82 Å². The van der Waals surface area contributed by atoms with Crippen LogP contribution in [0.15, 0.2) is 24.5 Å². The zero-order valence-corrected chi connectivity index (χ0v) is 11.3. The van der Waals surface area contributed by atoms with Gasteiger partial charge in [0.05, 0.1) is 29.1 Å². The number of aryl methyl sites for hydroxylation is 1. The third-order valence-corrected chi connectivity index (χ3v) is 3.95. The topological polar surface area (TPSA) is 88.5 Å². The van der Waals surface area contributed by atoms with Crippen molar-refractivity contribution in [1.29, 1.82) is 5.26 Å². The van der Waals surface area contributed by atoms with Gasteiger partial charge < -0.3 is 5.73 Å². The Morgan fingerprint density at radius 2 is 2.05 bits per heavy atom. The molecule has 1 aliphatic carbocycles. The number of nitrogens with two attached hydrogens (primary N) is 1. The molecule has 3 rings (SSSR count). The number of nitriles is 1. The lowest BCUT2D eigenvalue weighted by atomic mass is 9.66. The van der Waals surface area contributed by atoms with Crippen LogP contribution in [-0.4, -0.2) is 15.0 Å². The van der Waals surface area contributed by atoms with Gasteiger partial charge in [-0.05, 0) is 37.8 Å². The lowest BCUT2D eigenvalue weighted by molar-refractivity contribution is 0.323. The fourth-order valence-electron chi connectivity index (χ4n) is 2.56. The first kappa shape index (κ1) is 12.5. The highest BCUT2D eigenvalue weighted by Crippen LogP contribution is 2.43. The van der Waals surface area contributed by atoms with Crippen LogP contribution in [0.4, 0.5) is 5.82 Å². The van der Waals surface area contributed by atoms with E-state index in [-0.39, 0.29) is 5.41 Å². The molecule has 2 heterocycles. The van der Waals surface area contributed by atoms with E-state index in [1.54, 1.807) is 6.20 Å². The lowest BCUT2D eigenvalue weighted by Crippen LogP contribution is -2.32. The van der Waals surface area contributed by atoms with Gasteiger partial charge in [-0.15, -0.1) is 0 Å². The van der Waals surface area contributed by atoms with E-state index in [0.717, 1.165) is 41.9 Å². The molecule has 0 atom stereocenters. The van der Waals surface area contributed by atoms with Crippen LogP contribution in [-0.2, 0) is 5.41 Å². The van der Waals surface area contributed by atoms with Gasteiger partial charge in [-0.25, -0.2) is 9.97 Å². The zero-order chi connectivity index (χ0) is 14.2. The predicted octanol–water partition coefficient (Wildman–Crippen LogP) is 2.37. The molecule has 0 aliphatic heterocycles. The van der Waals surface area contributed by atoms with Crippen LogP contribution in [0.2, 0.25) is 0 Å². The second-order valence-corrected chi connectivity index (χ2v) is 5.21. The maximum atomic E-state index is 9.34. The minimum absolute atomic E-state index is 0.326. The van der Waals surface area contributed by atoms with Gasteiger partial charge in [-0.3, -0.25) is 4.98 Å². The Bertz CT molecular complexity index is 680. The van der Waals surface area contributed by atoms with Crippen molar-refractivity contribution in [3.8, 4) is 17.5 Å². The Morgan fingerprint density at radius 3 is 2.55 bits per heavy atom. The summed E-state index contributed by atoms with van der Waals surface area (Å²) in [4.78, 5) is 12.9. The molecular formula is C15H15N5. The van der Waals surface area contributed by atoms with Crippen LogP contribution < -0.4 is 5.73 Å². The Kier molecular flexibility index (Phi) is 2.87. The number of anilines is 1. The van der Waals surface area contributed by atoms with E-state index in [2.05, 4.69) is 21.0 Å². The Labute approximate surface area is 117 Å². The standard InChI is InChI=1S/C15H15N5/c1-10-14(19-8-13(17)20-10)12-4-3-11(7-18-12)15(9-16)5-2-6-15/h3-4,7-8H,2,5-6H2,1H3,(H2,17,20). The predicted molar refractivity (Wildman–Crippen MR) is 75.6 cm³/mol. The van der Waals surface area contributed by atoms with Gasteiger partial charge in [0, 0.05) is 6.20 Å². The molecule has 0 radical (unpaired) electrons. The van der Waals surface area contributed by atoms with Crippen molar-refractivity contribution < 1.29 is 0 Å². The highest BCUT2D eigenvalue weighted by molar-refractivity contribution is 5.58. The second-order valence-electron chi connectivity index (χ2n) is 5.21. The summed E-state index contributed by atoms with van der Waals surface area (Å²) < 4.78 is 0. The van der Waals surface area contributed by atoms with Gasteiger partial charge in [0.2, 0.25) is 0 Å². The summed E-state index contributed by atoms with van der Waals surface area (Å²) in [7, 11) is 0. The molecule has 2 N–H and O–H groups in total. The Hall–Kier alpha value is -2.48. The van der Waals surface area contributed by atoms with Gasteiger partial charge in [-0.1, -0.05) is 6.07 Å². The minimum Gasteiger partial charge on any atom is -0.382 e. The van der Waals surface area contributed by atoms with E-state index in [0.29, 0.717) is 5.82 Å². The van der Waals surface area contributed by atoms with Crippen LogP contribution in [0.5, 0.6) is 0 Å². The molecule has 5 nitrogen and oxygen atoms in total. The molecule has 2 aromatic heterocycles. The summed E-state index contributed by atoms with van der Waals surface area (Å²) in [5, 5.41) is 9.34. The van der Waals surface area contributed by atoms with Crippen molar-refractivity contribution in [3.05, 3.63) is 35.8 Å². The maximum absolute atomic E-state index is 9.34. The lowest BCUT2D eigenvalue weighted by Gasteiger charge is -2.35. The summed E-state index contributed by atoms with van der Waals surface area (Å²) in [6.07, 6.45) is 6.27. The first-order valence-corrected chi connectivity index (χ1v) is 6.62. The summed E-state index contributed by atoms with van der Waals surface area (Å²) >= 11 is 0. The quantitative estimate of drug-likeness (QED) is 0.900. The Morgan fingerprint density at radius 1 is 1.25 bits per heavy atom. The molecule has 0 amide bonds. The number of nitrogens with zero attached hydrogens (tertiary/aromatic N) is 4. The van der Waals surface area contributed by atoms with Crippen LogP contribution in [0.25, 0.3) is 11.4 Å². The van der Waals surface area contributed by atoms with E-state index >= 15 is 0 Å². The second kappa shape index (κ2) is 4.57. The normalized spacial score (nSPS) is 16.2. The molecule has 5 heteroatoms. The Balaban J connectivity index is 1.96. The first-order valence-electron chi connectivity index (χ1n) is 6.62. The first-order chi connectivity index (χ1) is 9.64. The molecule has 1 aliphatic rings. The maximum Gasteiger partial charge on any atom is 0.142 e. The van der Waals surface area contributed by atoms with Gasteiger partial charge in [0.15, 0.2) is 0 Å². The number of hydrogen-bond acceptors (Lipinski definition) is 5. The molecule has 0 unspecified atom stereocenters. The van der Waals surface area contributed by atoms with Crippen molar-refractivity contribution in [2.24, 2.45) is 0 Å². The third-order valence-electron chi connectivity index (χ3n) is 3.95. The molecule has 0 saturated heterocycles.